The molecule has 1 rings (SSSR count). The van der Waals surface area contributed by atoms with Crippen molar-refractivity contribution in [1.82, 2.24) is 4.98 Å². The Hall–Kier alpha value is -1.52. The molecule has 0 amide bonds. The van der Waals surface area contributed by atoms with E-state index in [1.807, 2.05) is 0 Å². The summed E-state index contributed by atoms with van der Waals surface area (Å²) in [4.78, 5) is 13.5. The highest BCUT2D eigenvalue weighted by Gasteiger charge is 2.15. The van der Waals surface area contributed by atoms with E-state index in [0.29, 0.717) is 6.07 Å². The number of nitrogens with zero attached hydrogens (tertiary/aromatic N) is 1. The van der Waals surface area contributed by atoms with Crippen LogP contribution in [0.15, 0.2) is 6.07 Å². The van der Waals surface area contributed by atoms with Crippen LogP contribution in [-0.4, -0.2) is 16.1 Å². The quantitative estimate of drug-likeness (QED) is 0.652. The Morgan fingerprint density at radius 2 is 2.17 bits per heavy atom. The normalized spacial score (nSPS) is 9.92. The van der Waals surface area contributed by atoms with Crippen molar-refractivity contribution in [3.8, 4) is 0 Å². The fourth-order valence-electron chi connectivity index (χ4n) is 0.855. The van der Waals surface area contributed by atoms with E-state index < -0.39 is 23.3 Å². The smallest absolute Gasteiger partial charge is 0.340 e. The molecule has 0 saturated carbocycles. The van der Waals surface area contributed by atoms with Crippen LogP contribution in [0.5, 0.6) is 0 Å². The molecule has 0 radical (unpaired) electrons. The lowest BCUT2D eigenvalue weighted by Gasteiger charge is -2.00. The maximum Gasteiger partial charge on any atom is 0.340 e. The van der Waals surface area contributed by atoms with Gasteiger partial charge >= 0.3 is 5.97 Å². The summed E-state index contributed by atoms with van der Waals surface area (Å²) in [5.41, 5.74) is -0.753. The van der Waals surface area contributed by atoms with Crippen LogP contribution in [0, 0.1) is 18.7 Å². The lowest BCUT2D eigenvalue weighted by Crippen LogP contribution is -2.06. The van der Waals surface area contributed by atoms with Crippen molar-refractivity contribution in [2.75, 3.05) is 0 Å². The largest absolute Gasteiger partial charge is 0.478 e. The molecule has 0 fully saturated rings. The first-order valence-electron chi connectivity index (χ1n) is 3.08. The molecule has 0 spiro atoms. The molecule has 0 atom stereocenters. The number of halogens is 2. The molecule has 12 heavy (non-hydrogen) atoms. The molecule has 1 aromatic rings. The van der Waals surface area contributed by atoms with E-state index >= 15 is 0 Å². The van der Waals surface area contributed by atoms with Crippen LogP contribution >= 0.6 is 0 Å². The fourth-order valence-corrected chi connectivity index (χ4v) is 0.855. The van der Waals surface area contributed by atoms with Crippen LogP contribution < -0.4 is 0 Å². The first-order chi connectivity index (χ1) is 5.52. The van der Waals surface area contributed by atoms with E-state index in [1.54, 1.807) is 0 Å². The van der Waals surface area contributed by atoms with Crippen LogP contribution in [0.3, 0.4) is 0 Å². The lowest BCUT2D eigenvalue weighted by molar-refractivity contribution is 0.0690. The summed E-state index contributed by atoms with van der Waals surface area (Å²) in [5.74, 6) is -3.57. The van der Waals surface area contributed by atoms with Crippen molar-refractivity contribution < 1.29 is 18.7 Å². The Kier molecular flexibility index (Phi) is 2.03. The number of carbonyl (C=O) groups is 1. The Balaban J connectivity index is 3.38. The third-order valence-electron chi connectivity index (χ3n) is 1.33. The first-order valence-corrected chi connectivity index (χ1v) is 3.08. The molecule has 0 aliphatic rings. The minimum atomic E-state index is -1.45. The van der Waals surface area contributed by atoms with Gasteiger partial charge in [0.25, 0.3) is 0 Å². The monoisotopic (exact) mass is 173 g/mol. The van der Waals surface area contributed by atoms with Gasteiger partial charge < -0.3 is 5.11 Å². The Bertz CT molecular complexity index is 315. The van der Waals surface area contributed by atoms with Gasteiger partial charge in [0.05, 0.1) is 5.69 Å². The fraction of sp³-hybridized carbons (Fsp3) is 0.143. The van der Waals surface area contributed by atoms with Gasteiger partial charge in [-0.3, -0.25) is 0 Å². The topological polar surface area (TPSA) is 50.2 Å². The molecule has 0 saturated heterocycles. The molecule has 0 unspecified atom stereocenters. The Morgan fingerprint density at radius 3 is 2.58 bits per heavy atom. The molecule has 0 bridgehead atoms. The average molecular weight is 173 g/mol. The molecule has 64 valence electrons. The number of aromatic nitrogens is 1. The van der Waals surface area contributed by atoms with Gasteiger partial charge in [0, 0.05) is 6.07 Å². The predicted molar refractivity (Wildman–Crippen MR) is 35.8 cm³/mol. The average Bonchev–Trinajstić information content (AvgIpc) is 1.82. The van der Waals surface area contributed by atoms with Crippen molar-refractivity contribution in [2.45, 2.75) is 6.92 Å². The number of hydrogen-bond acceptors (Lipinski definition) is 2. The van der Waals surface area contributed by atoms with Crippen LogP contribution in [0.1, 0.15) is 16.1 Å². The number of hydrogen-bond donors (Lipinski definition) is 1. The standard InChI is InChI=1S/C7H5F2NO2/c1-3-6(7(11)12)4(8)2-5(9)10-3/h2H,1H3,(H,11,12). The number of aryl methyl sites for hydroxylation is 1. The molecule has 1 aromatic heterocycles. The van der Waals surface area contributed by atoms with Gasteiger partial charge in [0.15, 0.2) is 0 Å². The summed E-state index contributed by atoms with van der Waals surface area (Å²) in [6.07, 6.45) is 0. The maximum atomic E-state index is 12.7. The van der Waals surface area contributed by atoms with E-state index in [0.717, 1.165) is 0 Å². The molecular formula is C7H5F2NO2. The van der Waals surface area contributed by atoms with Crippen LogP contribution in [-0.2, 0) is 0 Å². The zero-order valence-corrected chi connectivity index (χ0v) is 6.14. The van der Waals surface area contributed by atoms with Crippen molar-refractivity contribution >= 4 is 5.97 Å². The summed E-state index contributed by atoms with van der Waals surface area (Å²) >= 11 is 0. The highest BCUT2D eigenvalue weighted by atomic mass is 19.1. The van der Waals surface area contributed by atoms with Gasteiger partial charge in [-0.1, -0.05) is 0 Å². The van der Waals surface area contributed by atoms with Crippen LogP contribution in [0.4, 0.5) is 8.78 Å². The van der Waals surface area contributed by atoms with Crippen molar-refractivity contribution in [1.29, 1.82) is 0 Å². The maximum absolute atomic E-state index is 12.7. The van der Waals surface area contributed by atoms with E-state index in [9.17, 15) is 13.6 Å². The molecule has 1 heterocycles. The third-order valence-corrected chi connectivity index (χ3v) is 1.33. The number of pyridine rings is 1. The number of carboxylic acids is 1. The van der Waals surface area contributed by atoms with Gasteiger partial charge in [-0.2, -0.15) is 4.39 Å². The summed E-state index contributed by atoms with van der Waals surface area (Å²) in [6.45, 7) is 1.23. The first kappa shape index (κ1) is 8.58. The highest BCUT2D eigenvalue weighted by Crippen LogP contribution is 2.11. The molecule has 0 aromatic carbocycles. The summed E-state index contributed by atoms with van der Waals surface area (Å²) < 4.78 is 25.0. The second-order valence-electron chi connectivity index (χ2n) is 2.19. The summed E-state index contributed by atoms with van der Waals surface area (Å²) in [7, 11) is 0. The number of carboxylic acid groups (broad SMARTS) is 1. The van der Waals surface area contributed by atoms with Crippen molar-refractivity contribution in [2.24, 2.45) is 0 Å². The molecule has 0 aliphatic carbocycles. The second-order valence-corrected chi connectivity index (χ2v) is 2.19. The van der Waals surface area contributed by atoms with E-state index in [-0.39, 0.29) is 5.69 Å². The van der Waals surface area contributed by atoms with Gasteiger partial charge in [-0.15, -0.1) is 0 Å². The molecule has 0 aliphatic heterocycles. The summed E-state index contributed by atoms with van der Waals surface area (Å²) in [5, 5.41) is 8.43. The Morgan fingerprint density at radius 1 is 1.58 bits per heavy atom. The SMILES string of the molecule is Cc1nc(F)cc(F)c1C(=O)O. The third kappa shape index (κ3) is 1.39. The van der Waals surface area contributed by atoms with Gasteiger partial charge in [-0.05, 0) is 6.92 Å². The van der Waals surface area contributed by atoms with E-state index in [4.69, 9.17) is 5.11 Å². The minimum absolute atomic E-state index is 0.167. The Labute approximate surface area is 66.7 Å². The highest BCUT2D eigenvalue weighted by molar-refractivity contribution is 5.88. The zero-order chi connectivity index (χ0) is 9.30. The molecule has 5 heteroatoms. The van der Waals surface area contributed by atoms with Crippen LogP contribution in [0.25, 0.3) is 0 Å². The zero-order valence-electron chi connectivity index (χ0n) is 6.14. The van der Waals surface area contributed by atoms with Crippen LogP contribution in [0.2, 0.25) is 0 Å². The molecular weight excluding hydrogens is 168 g/mol. The van der Waals surface area contributed by atoms with Crippen molar-refractivity contribution in [3.05, 3.63) is 29.1 Å². The van der Waals surface area contributed by atoms with E-state index in [1.165, 1.54) is 6.92 Å². The van der Waals surface area contributed by atoms with Gasteiger partial charge in [0.2, 0.25) is 5.95 Å². The summed E-state index contributed by atoms with van der Waals surface area (Å²) in [6, 6.07) is 0.441. The second kappa shape index (κ2) is 2.84. The van der Waals surface area contributed by atoms with Crippen molar-refractivity contribution in [3.63, 3.8) is 0 Å². The molecule has 1 N–H and O–H groups in total. The van der Waals surface area contributed by atoms with Gasteiger partial charge in [-0.25, -0.2) is 14.2 Å². The minimum Gasteiger partial charge on any atom is -0.478 e. The number of aromatic carboxylic acids is 1. The predicted octanol–water partition coefficient (Wildman–Crippen LogP) is 1.37. The number of rotatable bonds is 1. The van der Waals surface area contributed by atoms with Gasteiger partial charge in [0.1, 0.15) is 11.4 Å². The van der Waals surface area contributed by atoms with E-state index in [2.05, 4.69) is 4.98 Å². The molecule has 3 nitrogen and oxygen atoms in total. The lowest BCUT2D eigenvalue weighted by atomic mass is 10.2.